The Morgan fingerprint density at radius 3 is 2.35 bits per heavy atom. The quantitative estimate of drug-likeness (QED) is 0.162. The zero-order valence-corrected chi connectivity index (χ0v) is 25.3. The van der Waals surface area contributed by atoms with E-state index in [1.54, 1.807) is 18.7 Å². The van der Waals surface area contributed by atoms with Crippen LogP contribution in [0, 0.1) is 5.92 Å². The highest BCUT2D eigenvalue weighted by atomic mass is 32.2. The van der Waals surface area contributed by atoms with E-state index in [1.807, 2.05) is 72.8 Å². The minimum atomic E-state index is -0.559. The number of carbonyl (C=O) groups excluding carboxylic acids is 2. The van der Waals surface area contributed by atoms with Gasteiger partial charge in [0.1, 0.15) is 6.54 Å². The van der Waals surface area contributed by atoms with Crippen LogP contribution in [0.1, 0.15) is 48.5 Å². The van der Waals surface area contributed by atoms with Gasteiger partial charge in [0.2, 0.25) is 0 Å². The zero-order valence-electron chi connectivity index (χ0n) is 24.5. The van der Waals surface area contributed by atoms with Crippen LogP contribution in [0.3, 0.4) is 0 Å². The fourth-order valence-electron chi connectivity index (χ4n) is 4.88. The van der Waals surface area contributed by atoms with Crippen LogP contribution in [0.2, 0.25) is 0 Å². The zero-order chi connectivity index (χ0) is 30.6. The third-order valence-corrected chi connectivity index (χ3v) is 8.27. The summed E-state index contributed by atoms with van der Waals surface area (Å²) in [5, 5.41) is 24.0. The van der Waals surface area contributed by atoms with E-state index in [2.05, 4.69) is 17.6 Å². The van der Waals surface area contributed by atoms with Gasteiger partial charge in [0.05, 0.1) is 32.0 Å². The van der Waals surface area contributed by atoms with Gasteiger partial charge in [0, 0.05) is 29.5 Å². The number of urea groups is 1. The van der Waals surface area contributed by atoms with E-state index in [-0.39, 0.29) is 44.5 Å². The van der Waals surface area contributed by atoms with E-state index >= 15 is 0 Å². The Bertz CT molecular complexity index is 1320. The van der Waals surface area contributed by atoms with Crippen molar-refractivity contribution in [2.45, 2.75) is 45.5 Å². The minimum Gasteiger partial charge on any atom is -0.465 e. The predicted octanol–water partition coefficient (Wildman–Crippen LogP) is 4.73. The van der Waals surface area contributed by atoms with Gasteiger partial charge in [0.15, 0.2) is 6.29 Å². The molecular formula is C33H40N2O7S. The Labute approximate surface area is 256 Å². The summed E-state index contributed by atoms with van der Waals surface area (Å²) < 4.78 is 17.8. The molecule has 0 aromatic heterocycles. The maximum Gasteiger partial charge on any atom is 0.325 e. The van der Waals surface area contributed by atoms with Crippen LogP contribution < -0.4 is 10.6 Å². The number of carbonyl (C=O) groups is 2. The monoisotopic (exact) mass is 608 g/mol. The normalized spacial score (nSPS) is 19.9. The second kappa shape index (κ2) is 16.4. The Morgan fingerprint density at radius 1 is 0.907 bits per heavy atom. The first-order valence-corrected chi connectivity index (χ1v) is 15.6. The van der Waals surface area contributed by atoms with Crippen molar-refractivity contribution in [3.63, 3.8) is 0 Å². The van der Waals surface area contributed by atoms with E-state index in [0.29, 0.717) is 12.3 Å². The number of hydrogen-bond acceptors (Lipinski definition) is 8. The molecule has 4 rings (SSSR count). The molecule has 10 heteroatoms. The summed E-state index contributed by atoms with van der Waals surface area (Å²) in [5.41, 5.74) is 5.71. The lowest BCUT2D eigenvalue weighted by molar-refractivity contribution is -0.268. The van der Waals surface area contributed by atoms with Crippen LogP contribution in [0.5, 0.6) is 0 Å². The SMILES string of the molecule is CCOC(=O)CNC(=O)NCc1cccc(-c2ccc(C3OC(CSCCO)C(C)C(c4ccc(CO)cc4)O3)cc2)c1. The van der Waals surface area contributed by atoms with E-state index in [1.165, 1.54) is 0 Å². The molecule has 43 heavy (non-hydrogen) atoms. The number of hydrogen-bond donors (Lipinski definition) is 4. The molecule has 0 bridgehead atoms. The predicted molar refractivity (Wildman–Crippen MR) is 166 cm³/mol. The second-order valence-corrected chi connectivity index (χ2v) is 11.4. The second-order valence-electron chi connectivity index (χ2n) is 10.3. The third-order valence-electron chi connectivity index (χ3n) is 7.24. The first kappa shape index (κ1) is 32.5. The number of aliphatic hydroxyl groups is 2. The van der Waals surface area contributed by atoms with Crippen LogP contribution in [0.4, 0.5) is 4.79 Å². The molecule has 230 valence electrons. The number of aliphatic hydroxyl groups excluding tert-OH is 2. The van der Waals surface area contributed by atoms with Gasteiger partial charge in [-0.25, -0.2) is 4.79 Å². The van der Waals surface area contributed by atoms with Gasteiger partial charge in [-0.15, -0.1) is 0 Å². The maximum absolute atomic E-state index is 12.1. The number of ether oxygens (including phenoxy) is 3. The molecule has 3 aromatic rings. The first-order chi connectivity index (χ1) is 20.9. The minimum absolute atomic E-state index is 0.00819. The van der Waals surface area contributed by atoms with Crippen molar-refractivity contribution < 1.29 is 34.0 Å². The fraction of sp³-hybridized carbons (Fsp3) is 0.394. The Hall–Kier alpha value is -3.41. The largest absolute Gasteiger partial charge is 0.465 e. The molecule has 4 atom stereocenters. The lowest BCUT2D eigenvalue weighted by Gasteiger charge is -2.41. The van der Waals surface area contributed by atoms with Crippen LogP contribution in [0.15, 0.2) is 72.8 Å². The number of esters is 1. The van der Waals surface area contributed by atoms with Gasteiger partial charge < -0.3 is 35.1 Å². The number of benzene rings is 3. The summed E-state index contributed by atoms with van der Waals surface area (Å²) in [6.07, 6.45) is -0.822. The smallest absolute Gasteiger partial charge is 0.325 e. The number of thioether (sulfide) groups is 1. The molecule has 0 spiro atoms. The molecule has 1 heterocycles. The Morgan fingerprint density at radius 2 is 1.65 bits per heavy atom. The summed E-state index contributed by atoms with van der Waals surface area (Å²) in [7, 11) is 0. The standard InChI is InChI=1S/C33H40N2O7S/c1-3-40-30(38)19-35-33(39)34-18-24-5-4-6-28(17-24)25-11-13-27(14-12-25)32-41-29(21-43-16-15-36)22(2)31(42-32)26-9-7-23(20-37)8-10-26/h4-14,17,22,29,31-32,36-37H,3,15-16,18-21H2,1-2H3,(H2,34,35,39). The first-order valence-electron chi connectivity index (χ1n) is 14.5. The molecule has 0 radical (unpaired) electrons. The molecular weight excluding hydrogens is 568 g/mol. The lowest BCUT2D eigenvalue weighted by Crippen LogP contribution is -2.38. The van der Waals surface area contributed by atoms with Crippen molar-refractivity contribution in [2.24, 2.45) is 5.92 Å². The van der Waals surface area contributed by atoms with Gasteiger partial charge in [-0.2, -0.15) is 11.8 Å². The summed E-state index contributed by atoms with van der Waals surface area (Å²) in [4.78, 5) is 23.5. The molecule has 2 amide bonds. The van der Waals surface area contributed by atoms with Gasteiger partial charge in [-0.3, -0.25) is 4.79 Å². The summed E-state index contributed by atoms with van der Waals surface area (Å²) in [5.74, 6) is 0.998. The molecule has 3 aromatic carbocycles. The van der Waals surface area contributed by atoms with Crippen LogP contribution in [-0.4, -0.2) is 59.6 Å². The molecule has 1 fully saturated rings. The van der Waals surface area contributed by atoms with Crippen molar-refractivity contribution in [1.29, 1.82) is 0 Å². The molecule has 1 aliphatic heterocycles. The lowest BCUT2D eigenvalue weighted by atomic mass is 9.91. The fourth-order valence-corrected chi connectivity index (χ4v) is 5.79. The maximum atomic E-state index is 12.1. The molecule has 4 N–H and O–H groups in total. The highest BCUT2D eigenvalue weighted by Gasteiger charge is 2.38. The molecule has 1 saturated heterocycles. The van der Waals surface area contributed by atoms with Gasteiger partial charge in [0.25, 0.3) is 0 Å². The van der Waals surface area contributed by atoms with E-state index in [0.717, 1.165) is 39.1 Å². The van der Waals surface area contributed by atoms with E-state index in [9.17, 15) is 19.8 Å². The van der Waals surface area contributed by atoms with Crippen LogP contribution >= 0.6 is 11.8 Å². The van der Waals surface area contributed by atoms with E-state index in [4.69, 9.17) is 14.2 Å². The number of nitrogens with one attached hydrogen (secondary N) is 2. The van der Waals surface area contributed by atoms with E-state index < -0.39 is 18.3 Å². The third kappa shape index (κ3) is 9.29. The van der Waals surface area contributed by atoms with Crippen molar-refractivity contribution in [1.82, 2.24) is 10.6 Å². The average molecular weight is 609 g/mol. The van der Waals surface area contributed by atoms with Crippen molar-refractivity contribution in [3.05, 3.63) is 95.1 Å². The van der Waals surface area contributed by atoms with Crippen LogP contribution in [-0.2, 0) is 32.2 Å². The molecule has 9 nitrogen and oxygen atoms in total. The van der Waals surface area contributed by atoms with Crippen molar-refractivity contribution in [3.8, 4) is 11.1 Å². The molecule has 1 aliphatic rings. The Kier molecular flexibility index (Phi) is 12.4. The highest BCUT2D eigenvalue weighted by molar-refractivity contribution is 7.99. The van der Waals surface area contributed by atoms with Gasteiger partial charge >= 0.3 is 12.0 Å². The van der Waals surface area contributed by atoms with Crippen molar-refractivity contribution >= 4 is 23.8 Å². The van der Waals surface area contributed by atoms with Crippen LogP contribution in [0.25, 0.3) is 11.1 Å². The summed E-state index contributed by atoms with van der Waals surface area (Å²) in [6.45, 7) is 4.34. The average Bonchev–Trinajstić information content (AvgIpc) is 3.04. The number of rotatable bonds is 13. The number of amides is 2. The molecule has 0 aliphatic carbocycles. The highest BCUT2D eigenvalue weighted by Crippen LogP contribution is 2.42. The Balaban J connectivity index is 1.43. The van der Waals surface area contributed by atoms with Gasteiger partial charge in [-0.1, -0.05) is 73.7 Å². The summed E-state index contributed by atoms with van der Waals surface area (Å²) >= 11 is 1.66. The molecule has 4 unspecified atom stereocenters. The van der Waals surface area contributed by atoms with Gasteiger partial charge in [-0.05, 0) is 40.8 Å². The topological polar surface area (TPSA) is 126 Å². The molecule has 0 saturated carbocycles. The van der Waals surface area contributed by atoms with Crippen molar-refractivity contribution in [2.75, 3.05) is 31.3 Å². The summed E-state index contributed by atoms with van der Waals surface area (Å²) in [6, 6.07) is 23.3.